The molecule has 0 aromatic heterocycles. The first-order chi connectivity index (χ1) is 16.1. The first-order valence-corrected chi connectivity index (χ1v) is 11.4. The van der Waals surface area contributed by atoms with Gasteiger partial charge in [0, 0.05) is 18.1 Å². The Morgan fingerprint density at radius 1 is 1.09 bits per heavy atom. The van der Waals surface area contributed by atoms with Gasteiger partial charge < -0.3 is 14.2 Å². The van der Waals surface area contributed by atoms with Crippen molar-refractivity contribution in [3.05, 3.63) is 93.7 Å². The van der Waals surface area contributed by atoms with Crippen LogP contribution in [-0.4, -0.2) is 30.6 Å². The summed E-state index contributed by atoms with van der Waals surface area (Å²) in [6, 6.07) is 19.1. The second kappa shape index (κ2) is 9.30. The van der Waals surface area contributed by atoms with Crippen LogP contribution in [0.2, 0.25) is 5.02 Å². The monoisotopic (exact) mass is 461 g/mol. The van der Waals surface area contributed by atoms with E-state index in [0.717, 1.165) is 46.2 Å². The number of hydrogen-bond acceptors (Lipinski definition) is 5. The first-order valence-electron chi connectivity index (χ1n) is 11.0. The highest BCUT2D eigenvalue weighted by Crippen LogP contribution is 2.42. The van der Waals surface area contributed by atoms with Crippen LogP contribution in [0.15, 0.2) is 66.4 Å². The molecule has 0 saturated heterocycles. The van der Waals surface area contributed by atoms with E-state index in [4.69, 9.17) is 25.8 Å². The molecule has 3 aromatic rings. The lowest BCUT2D eigenvalue weighted by Crippen LogP contribution is -2.33. The summed E-state index contributed by atoms with van der Waals surface area (Å²) in [7, 11) is 0. The number of carbonyl (C=O) groups excluding carboxylic acids is 1. The molecule has 3 aromatic carbocycles. The summed E-state index contributed by atoms with van der Waals surface area (Å²) in [5.41, 5.74) is 3.46. The molecule has 0 unspecified atom stereocenters. The molecule has 2 heterocycles. The number of allylic oxidation sites excluding steroid dienone is 1. The van der Waals surface area contributed by atoms with E-state index >= 15 is 0 Å². The lowest BCUT2D eigenvalue weighted by atomic mass is 10.0. The number of ketones is 1. The third-order valence-electron chi connectivity index (χ3n) is 5.83. The number of Topliss-reactive ketones (excluding diaryl/α,β-unsaturated/α-hetero) is 1. The van der Waals surface area contributed by atoms with Crippen LogP contribution in [0, 0.1) is 0 Å². The van der Waals surface area contributed by atoms with Crippen molar-refractivity contribution in [3.63, 3.8) is 0 Å². The molecule has 0 radical (unpaired) electrons. The number of fused-ring (bicyclic) bond motifs is 3. The number of ether oxygens (including phenoxy) is 3. The Balaban J connectivity index is 1.34. The molecule has 6 heteroatoms. The zero-order valence-corrected chi connectivity index (χ0v) is 19.1. The Morgan fingerprint density at radius 2 is 1.91 bits per heavy atom. The fourth-order valence-electron chi connectivity index (χ4n) is 4.11. The molecule has 0 fully saturated rings. The maximum Gasteiger partial charge on any atom is 0.231 e. The van der Waals surface area contributed by atoms with Gasteiger partial charge in [0.2, 0.25) is 5.78 Å². The number of hydrogen-bond donors (Lipinski definition) is 0. The Labute approximate surface area is 198 Å². The number of rotatable bonds is 6. The van der Waals surface area contributed by atoms with E-state index in [9.17, 15) is 4.79 Å². The van der Waals surface area contributed by atoms with Crippen molar-refractivity contribution in [3.8, 4) is 17.2 Å². The Bertz CT molecular complexity index is 1220. The van der Waals surface area contributed by atoms with E-state index in [1.165, 1.54) is 0 Å². The van der Waals surface area contributed by atoms with Gasteiger partial charge in [0.1, 0.15) is 24.0 Å². The summed E-state index contributed by atoms with van der Waals surface area (Å²) in [4.78, 5) is 15.2. The minimum absolute atomic E-state index is 0.116. The topological polar surface area (TPSA) is 48.0 Å². The van der Waals surface area contributed by atoms with Gasteiger partial charge in [0.05, 0.1) is 17.7 Å². The molecule has 0 amide bonds. The Hall–Kier alpha value is -3.28. The fourth-order valence-corrected chi connectivity index (χ4v) is 4.34. The highest BCUT2D eigenvalue weighted by Gasteiger charge is 2.33. The molecule has 0 bridgehead atoms. The van der Waals surface area contributed by atoms with E-state index in [1.807, 2.05) is 61.5 Å². The van der Waals surface area contributed by atoms with Crippen LogP contribution in [0.3, 0.4) is 0 Å². The average Bonchev–Trinajstić information content (AvgIpc) is 3.15. The van der Waals surface area contributed by atoms with Crippen LogP contribution >= 0.6 is 11.6 Å². The van der Waals surface area contributed by atoms with Gasteiger partial charge in [-0.2, -0.15) is 0 Å². The zero-order valence-electron chi connectivity index (χ0n) is 18.3. The summed E-state index contributed by atoms with van der Waals surface area (Å²) in [5.74, 6) is 2.35. The third kappa shape index (κ3) is 4.47. The maximum absolute atomic E-state index is 13.0. The molecule has 168 valence electrons. The van der Waals surface area contributed by atoms with Gasteiger partial charge in [-0.15, -0.1) is 0 Å². The number of benzene rings is 3. The van der Waals surface area contributed by atoms with Crippen molar-refractivity contribution < 1.29 is 19.0 Å². The van der Waals surface area contributed by atoms with Crippen LogP contribution in [0.1, 0.15) is 34.0 Å². The fraction of sp³-hybridized carbons (Fsp3) is 0.222. The summed E-state index contributed by atoms with van der Waals surface area (Å²) < 4.78 is 17.5. The molecule has 0 N–H and O–H groups in total. The SMILES string of the molecule is CCOc1ccc(/C=C2\Oc3c(ccc4c3CN(CCc3ccccc3Cl)CO4)C2=O)cc1. The normalized spacial score (nSPS) is 16.2. The van der Waals surface area contributed by atoms with Gasteiger partial charge >= 0.3 is 0 Å². The van der Waals surface area contributed by atoms with Crippen molar-refractivity contribution in [2.75, 3.05) is 19.9 Å². The molecule has 5 nitrogen and oxygen atoms in total. The summed E-state index contributed by atoms with van der Waals surface area (Å²) in [6.45, 7) is 4.47. The quantitative estimate of drug-likeness (QED) is 0.437. The van der Waals surface area contributed by atoms with Crippen molar-refractivity contribution in [1.82, 2.24) is 4.90 Å². The summed E-state index contributed by atoms with van der Waals surface area (Å²) >= 11 is 6.30. The molecule has 0 spiro atoms. The van der Waals surface area contributed by atoms with Gasteiger partial charge in [0.25, 0.3) is 0 Å². The molecular formula is C27H24ClNO4. The highest BCUT2D eigenvalue weighted by atomic mass is 35.5. The molecule has 2 aliphatic heterocycles. The van der Waals surface area contributed by atoms with Crippen molar-refractivity contribution in [2.45, 2.75) is 19.9 Å². The van der Waals surface area contributed by atoms with E-state index < -0.39 is 0 Å². The molecule has 0 aliphatic carbocycles. The van der Waals surface area contributed by atoms with Gasteiger partial charge in [-0.25, -0.2) is 0 Å². The number of halogens is 1. The van der Waals surface area contributed by atoms with Crippen molar-refractivity contribution >= 4 is 23.5 Å². The standard InChI is InChI=1S/C27H24ClNO4/c1-2-31-20-9-7-18(8-10-20)15-25-26(30)21-11-12-24-22(27(21)33-25)16-29(17-32-24)14-13-19-5-3-4-6-23(19)28/h3-12,15H,2,13-14,16-17H2,1H3/b25-15-. The minimum Gasteiger partial charge on any atom is -0.494 e. The lowest BCUT2D eigenvalue weighted by Gasteiger charge is -2.29. The van der Waals surface area contributed by atoms with Crippen LogP contribution < -0.4 is 14.2 Å². The second-order valence-corrected chi connectivity index (χ2v) is 8.44. The Morgan fingerprint density at radius 3 is 2.70 bits per heavy atom. The average molecular weight is 462 g/mol. The van der Waals surface area contributed by atoms with Crippen LogP contribution in [0.25, 0.3) is 6.08 Å². The lowest BCUT2D eigenvalue weighted by molar-refractivity contribution is 0.0950. The minimum atomic E-state index is -0.116. The smallest absolute Gasteiger partial charge is 0.231 e. The molecule has 33 heavy (non-hydrogen) atoms. The molecule has 2 aliphatic rings. The molecular weight excluding hydrogens is 438 g/mol. The van der Waals surface area contributed by atoms with Crippen LogP contribution in [0.5, 0.6) is 17.2 Å². The predicted molar refractivity (Wildman–Crippen MR) is 128 cm³/mol. The summed E-state index contributed by atoms with van der Waals surface area (Å²) in [6.07, 6.45) is 2.58. The van der Waals surface area contributed by atoms with Gasteiger partial charge in [-0.3, -0.25) is 9.69 Å². The van der Waals surface area contributed by atoms with Crippen LogP contribution in [-0.2, 0) is 13.0 Å². The van der Waals surface area contributed by atoms with Gasteiger partial charge in [-0.1, -0.05) is 41.9 Å². The molecule has 0 atom stereocenters. The van der Waals surface area contributed by atoms with Gasteiger partial charge in [-0.05, 0) is 60.9 Å². The number of nitrogens with zero attached hydrogens (tertiary/aromatic N) is 1. The molecule has 0 saturated carbocycles. The first kappa shape index (κ1) is 21.6. The zero-order chi connectivity index (χ0) is 22.8. The highest BCUT2D eigenvalue weighted by molar-refractivity contribution is 6.31. The van der Waals surface area contributed by atoms with E-state index in [-0.39, 0.29) is 5.78 Å². The van der Waals surface area contributed by atoms with E-state index in [0.29, 0.717) is 37.0 Å². The maximum atomic E-state index is 13.0. The predicted octanol–water partition coefficient (Wildman–Crippen LogP) is 5.75. The third-order valence-corrected chi connectivity index (χ3v) is 6.20. The van der Waals surface area contributed by atoms with Gasteiger partial charge in [0.15, 0.2) is 5.76 Å². The second-order valence-electron chi connectivity index (χ2n) is 8.03. The van der Waals surface area contributed by atoms with E-state index in [2.05, 4.69) is 4.90 Å². The van der Waals surface area contributed by atoms with Crippen molar-refractivity contribution in [1.29, 1.82) is 0 Å². The largest absolute Gasteiger partial charge is 0.494 e. The van der Waals surface area contributed by atoms with Crippen molar-refractivity contribution in [2.24, 2.45) is 0 Å². The van der Waals surface area contributed by atoms with E-state index in [1.54, 1.807) is 12.1 Å². The molecule has 5 rings (SSSR count). The van der Waals surface area contributed by atoms with Crippen LogP contribution in [0.4, 0.5) is 0 Å². The summed E-state index contributed by atoms with van der Waals surface area (Å²) in [5, 5.41) is 0.773. The number of carbonyl (C=O) groups is 1. The Kier molecular flexibility index (Phi) is 6.07.